The van der Waals surface area contributed by atoms with Crippen LogP contribution in [0.3, 0.4) is 0 Å². The van der Waals surface area contributed by atoms with Crippen molar-refractivity contribution in [2.24, 2.45) is 7.05 Å². The van der Waals surface area contributed by atoms with Gasteiger partial charge in [0.1, 0.15) is 5.76 Å². The number of fused-ring (bicyclic) bond motifs is 1. The molecule has 1 aliphatic carbocycles. The molecule has 0 spiro atoms. The maximum atomic E-state index is 12.7. The number of nitrogens with one attached hydrogen (secondary N) is 1. The molecular formula is C17H24N4O2. The summed E-state index contributed by atoms with van der Waals surface area (Å²) in [5.74, 6) is 1.01. The van der Waals surface area contributed by atoms with Gasteiger partial charge in [-0.05, 0) is 25.3 Å². The first-order valence-electron chi connectivity index (χ1n) is 8.26. The van der Waals surface area contributed by atoms with Crippen molar-refractivity contribution in [3.05, 3.63) is 41.6 Å². The second kappa shape index (κ2) is 6.89. The fourth-order valence-corrected chi connectivity index (χ4v) is 3.17. The van der Waals surface area contributed by atoms with Gasteiger partial charge in [0.05, 0.1) is 25.0 Å². The van der Waals surface area contributed by atoms with E-state index in [4.69, 9.17) is 4.42 Å². The minimum Gasteiger partial charge on any atom is -0.469 e. The molecule has 124 valence electrons. The summed E-state index contributed by atoms with van der Waals surface area (Å²) < 4.78 is 7.26. The maximum absolute atomic E-state index is 12.7. The quantitative estimate of drug-likeness (QED) is 0.922. The first-order valence-corrected chi connectivity index (χ1v) is 8.26. The van der Waals surface area contributed by atoms with Crippen molar-refractivity contribution in [2.45, 2.75) is 45.2 Å². The molecular weight excluding hydrogens is 292 g/mol. The van der Waals surface area contributed by atoms with Gasteiger partial charge in [0.25, 0.3) is 0 Å². The number of carbonyl (C=O) groups is 1. The number of amides is 2. The number of nitrogens with zero attached hydrogens (tertiary/aromatic N) is 3. The smallest absolute Gasteiger partial charge is 0.318 e. The van der Waals surface area contributed by atoms with Crippen molar-refractivity contribution in [2.75, 3.05) is 6.54 Å². The second-order valence-corrected chi connectivity index (χ2v) is 6.14. The lowest BCUT2D eigenvalue weighted by molar-refractivity contribution is 0.189. The monoisotopic (exact) mass is 316 g/mol. The summed E-state index contributed by atoms with van der Waals surface area (Å²) in [5, 5.41) is 7.35. The van der Waals surface area contributed by atoms with Crippen LogP contribution in [-0.4, -0.2) is 27.3 Å². The van der Waals surface area contributed by atoms with Crippen LogP contribution in [0.1, 0.15) is 49.1 Å². The second-order valence-electron chi connectivity index (χ2n) is 6.14. The molecule has 2 aromatic rings. The van der Waals surface area contributed by atoms with Crippen LogP contribution in [-0.2, 0) is 20.0 Å². The van der Waals surface area contributed by atoms with Gasteiger partial charge < -0.3 is 14.6 Å². The number of rotatable bonds is 5. The van der Waals surface area contributed by atoms with E-state index >= 15 is 0 Å². The number of aromatic nitrogens is 2. The average molecular weight is 316 g/mol. The van der Waals surface area contributed by atoms with Crippen molar-refractivity contribution in [3.63, 3.8) is 0 Å². The van der Waals surface area contributed by atoms with E-state index in [0.29, 0.717) is 6.54 Å². The van der Waals surface area contributed by atoms with E-state index in [0.717, 1.165) is 49.1 Å². The molecule has 6 heteroatoms. The predicted octanol–water partition coefficient (Wildman–Crippen LogP) is 3.01. The summed E-state index contributed by atoms with van der Waals surface area (Å²) in [6.07, 6.45) is 9.37. The lowest BCUT2D eigenvalue weighted by Gasteiger charge is -2.28. The fourth-order valence-electron chi connectivity index (χ4n) is 3.17. The number of urea groups is 1. The first-order chi connectivity index (χ1) is 11.2. The molecule has 1 N–H and O–H groups in total. The third kappa shape index (κ3) is 3.57. The highest BCUT2D eigenvalue weighted by Crippen LogP contribution is 2.30. The maximum Gasteiger partial charge on any atom is 0.318 e. The third-order valence-corrected chi connectivity index (χ3v) is 4.26. The topological polar surface area (TPSA) is 63.3 Å². The summed E-state index contributed by atoms with van der Waals surface area (Å²) in [5.41, 5.74) is 2.17. The lowest BCUT2D eigenvalue weighted by Crippen LogP contribution is -2.42. The van der Waals surface area contributed by atoms with Gasteiger partial charge in [0, 0.05) is 37.3 Å². The number of hydrogen-bond acceptors (Lipinski definition) is 3. The number of furan rings is 1. The molecule has 0 bridgehead atoms. The standard InChI is InChI=1S/C17H24N4O2/c1-3-8-21(12-13-10-18-20(2)11-13)17(22)19-15-5-4-6-16-14(15)7-9-23-16/h7,9-11,15H,3-6,8,12H2,1-2H3,(H,19,22)/t15-/m1/s1. The normalized spacial score (nSPS) is 16.9. The van der Waals surface area contributed by atoms with E-state index in [2.05, 4.69) is 17.3 Å². The Morgan fingerprint density at radius 2 is 2.43 bits per heavy atom. The molecule has 3 rings (SSSR count). The Morgan fingerprint density at radius 3 is 3.17 bits per heavy atom. The van der Waals surface area contributed by atoms with E-state index in [9.17, 15) is 4.79 Å². The summed E-state index contributed by atoms with van der Waals surface area (Å²) in [6.45, 7) is 3.39. The highest BCUT2D eigenvalue weighted by atomic mass is 16.3. The van der Waals surface area contributed by atoms with Gasteiger partial charge in [-0.3, -0.25) is 4.68 Å². The summed E-state index contributed by atoms with van der Waals surface area (Å²) in [7, 11) is 1.89. The largest absolute Gasteiger partial charge is 0.469 e. The molecule has 1 atom stereocenters. The Labute approximate surface area is 136 Å². The van der Waals surface area contributed by atoms with Crippen molar-refractivity contribution >= 4 is 6.03 Å². The zero-order chi connectivity index (χ0) is 16.2. The van der Waals surface area contributed by atoms with Gasteiger partial charge in [0.2, 0.25) is 0 Å². The number of aryl methyl sites for hydroxylation is 2. The minimum atomic E-state index is -0.0187. The van der Waals surface area contributed by atoms with Gasteiger partial charge in [-0.25, -0.2) is 4.79 Å². The van der Waals surface area contributed by atoms with Crippen molar-refractivity contribution < 1.29 is 9.21 Å². The van der Waals surface area contributed by atoms with Gasteiger partial charge in [-0.15, -0.1) is 0 Å². The van der Waals surface area contributed by atoms with Crippen LogP contribution in [0.15, 0.2) is 29.1 Å². The number of hydrogen-bond donors (Lipinski definition) is 1. The molecule has 2 aromatic heterocycles. The van der Waals surface area contributed by atoms with E-state index < -0.39 is 0 Å². The Kier molecular flexibility index (Phi) is 4.69. The Morgan fingerprint density at radius 1 is 1.57 bits per heavy atom. The van der Waals surface area contributed by atoms with Gasteiger partial charge in [-0.1, -0.05) is 6.92 Å². The van der Waals surface area contributed by atoms with Gasteiger partial charge in [-0.2, -0.15) is 5.10 Å². The van der Waals surface area contributed by atoms with Crippen LogP contribution in [0.5, 0.6) is 0 Å². The molecule has 6 nitrogen and oxygen atoms in total. The predicted molar refractivity (Wildman–Crippen MR) is 86.8 cm³/mol. The molecule has 0 aromatic carbocycles. The van der Waals surface area contributed by atoms with E-state index in [1.165, 1.54) is 0 Å². The van der Waals surface area contributed by atoms with Crippen LogP contribution < -0.4 is 5.32 Å². The lowest BCUT2D eigenvalue weighted by atomic mass is 9.93. The fraction of sp³-hybridized carbons (Fsp3) is 0.529. The minimum absolute atomic E-state index is 0.0187. The summed E-state index contributed by atoms with van der Waals surface area (Å²) in [4.78, 5) is 14.6. The van der Waals surface area contributed by atoms with Crippen LogP contribution in [0.4, 0.5) is 4.79 Å². The van der Waals surface area contributed by atoms with Crippen LogP contribution >= 0.6 is 0 Å². The van der Waals surface area contributed by atoms with E-state index in [-0.39, 0.29) is 12.1 Å². The molecule has 0 saturated carbocycles. The summed E-state index contributed by atoms with van der Waals surface area (Å²) in [6, 6.07) is 2.01. The highest BCUT2D eigenvalue weighted by Gasteiger charge is 2.25. The molecule has 23 heavy (non-hydrogen) atoms. The Bertz CT molecular complexity index is 661. The molecule has 2 amide bonds. The molecule has 1 aliphatic rings. The van der Waals surface area contributed by atoms with Crippen LogP contribution in [0.25, 0.3) is 0 Å². The van der Waals surface area contributed by atoms with Crippen molar-refractivity contribution in [1.29, 1.82) is 0 Å². The molecule has 0 aliphatic heterocycles. The van der Waals surface area contributed by atoms with Crippen molar-refractivity contribution in [1.82, 2.24) is 20.0 Å². The Hall–Kier alpha value is -2.24. The van der Waals surface area contributed by atoms with Gasteiger partial charge >= 0.3 is 6.03 Å². The van der Waals surface area contributed by atoms with Crippen molar-refractivity contribution in [3.8, 4) is 0 Å². The average Bonchev–Trinajstić information content (AvgIpc) is 3.16. The molecule has 0 saturated heterocycles. The zero-order valence-electron chi connectivity index (χ0n) is 13.8. The third-order valence-electron chi connectivity index (χ3n) is 4.26. The number of carbonyl (C=O) groups excluding carboxylic acids is 1. The van der Waals surface area contributed by atoms with E-state index in [1.807, 2.05) is 30.4 Å². The molecule has 0 radical (unpaired) electrons. The Balaban J connectivity index is 1.67. The summed E-state index contributed by atoms with van der Waals surface area (Å²) >= 11 is 0. The van der Waals surface area contributed by atoms with Crippen LogP contribution in [0.2, 0.25) is 0 Å². The zero-order valence-corrected chi connectivity index (χ0v) is 13.8. The SMILES string of the molecule is CCCN(Cc1cnn(C)c1)C(=O)N[C@@H]1CCCc2occc21. The molecule has 0 unspecified atom stereocenters. The molecule has 2 heterocycles. The first kappa shape index (κ1) is 15.6. The molecule has 0 fully saturated rings. The van der Waals surface area contributed by atoms with E-state index in [1.54, 1.807) is 10.9 Å². The van der Waals surface area contributed by atoms with Gasteiger partial charge in [0.15, 0.2) is 0 Å². The van der Waals surface area contributed by atoms with Crippen LogP contribution in [0, 0.1) is 0 Å². The highest BCUT2D eigenvalue weighted by molar-refractivity contribution is 5.74.